The summed E-state index contributed by atoms with van der Waals surface area (Å²) in [5.74, 6) is -1.04. The third-order valence-corrected chi connectivity index (χ3v) is 2.28. The largest absolute Gasteiger partial charge is 0.368 e. The molecule has 0 saturated carbocycles. The van der Waals surface area contributed by atoms with Gasteiger partial charge < -0.3 is 10.6 Å². The number of primary amides is 1. The summed E-state index contributed by atoms with van der Waals surface area (Å²) in [6.07, 6.45) is 0. The number of halogens is 2. The molecule has 0 saturated heterocycles. The Morgan fingerprint density at radius 1 is 1.44 bits per heavy atom. The molecule has 2 N–H and O–H groups in total. The van der Waals surface area contributed by atoms with E-state index in [1.807, 2.05) is 0 Å². The average Bonchev–Trinajstić information content (AvgIpc) is 2.15. The highest BCUT2D eigenvalue weighted by atomic mass is 35.5. The Kier molecular flexibility index (Phi) is 4.09. The lowest BCUT2D eigenvalue weighted by molar-refractivity contribution is -0.118. The molecule has 5 nitrogen and oxygen atoms in total. The van der Waals surface area contributed by atoms with E-state index in [-0.39, 0.29) is 22.4 Å². The Labute approximate surface area is 102 Å². The van der Waals surface area contributed by atoms with Gasteiger partial charge >= 0.3 is 0 Å². The number of hydrogen-bond acceptors (Lipinski definition) is 3. The quantitative estimate of drug-likeness (QED) is 0.824. The van der Waals surface area contributed by atoms with E-state index in [1.54, 1.807) is 0 Å². The van der Waals surface area contributed by atoms with Crippen LogP contribution < -0.4 is 5.73 Å². The van der Waals surface area contributed by atoms with E-state index in [0.29, 0.717) is 0 Å². The first kappa shape index (κ1) is 12.7. The standard InChI is InChI=1S/C9H9Cl2N3O2/c1-14(4-7(12)15)9(16)5-2-3-6(10)13-8(5)11/h2-3H,4H2,1H3,(H2,12,15). The van der Waals surface area contributed by atoms with Crippen LogP contribution in [-0.4, -0.2) is 35.3 Å². The molecule has 0 unspecified atom stereocenters. The van der Waals surface area contributed by atoms with Crippen molar-refractivity contribution in [1.29, 1.82) is 0 Å². The van der Waals surface area contributed by atoms with Gasteiger partial charge in [-0.1, -0.05) is 23.2 Å². The number of aromatic nitrogens is 1. The van der Waals surface area contributed by atoms with E-state index in [2.05, 4.69) is 4.98 Å². The summed E-state index contributed by atoms with van der Waals surface area (Å²) < 4.78 is 0. The van der Waals surface area contributed by atoms with Crippen molar-refractivity contribution in [2.24, 2.45) is 5.73 Å². The van der Waals surface area contributed by atoms with Gasteiger partial charge in [-0.05, 0) is 12.1 Å². The Balaban J connectivity index is 2.92. The number of carbonyl (C=O) groups excluding carboxylic acids is 2. The van der Waals surface area contributed by atoms with Gasteiger partial charge in [-0.3, -0.25) is 9.59 Å². The number of nitrogens with zero attached hydrogens (tertiary/aromatic N) is 2. The van der Waals surface area contributed by atoms with Crippen LogP contribution in [0.2, 0.25) is 10.3 Å². The van der Waals surface area contributed by atoms with Crippen LogP contribution in [0.5, 0.6) is 0 Å². The van der Waals surface area contributed by atoms with Gasteiger partial charge in [0, 0.05) is 7.05 Å². The van der Waals surface area contributed by atoms with Crippen LogP contribution in [0.3, 0.4) is 0 Å². The van der Waals surface area contributed by atoms with Gasteiger partial charge in [0.25, 0.3) is 5.91 Å². The molecule has 1 aromatic rings. The molecule has 2 amide bonds. The molecule has 0 spiro atoms. The highest BCUT2D eigenvalue weighted by Gasteiger charge is 2.17. The predicted molar refractivity (Wildman–Crippen MR) is 60.4 cm³/mol. The average molecular weight is 262 g/mol. The van der Waals surface area contributed by atoms with Crippen molar-refractivity contribution < 1.29 is 9.59 Å². The molecule has 1 aromatic heterocycles. The first-order chi connectivity index (χ1) is 7.41. The molecule has 16 heavy (non-hydrogen) atoms. The van der Waals surface area contributed by atoms with Crippen molar-refractivity contribution in [2.75, 3.05) is 13.6 Å². The van der Waals surface area contributed by atoms with Crippen molar-refractivity contribution in [1.82, 2.24) is 9.88 Å². The van der Waals surface area contributed by atoms with Crippen molar-refractivity contribution in [2.45, 2.75) is 0 Å². The van der Waals surface area contributed by atoms with Crippen molar-refractivity contribution in [3.63, 3.8) is 0 Å². The number of nitrogens with two attached hydrogens (primary N) is 1. The lowest BCUT2D eigenvalue weighted by Crippen LogP contribution is -2.35. The summed E-state index contributed by atoms with van der Waals surface area (Å²) >= 11 is 11.3. The lowest BCUT2D eigenvalue weighted by Gasteiger charge is -2.15. The maximum atomic E-state index is 11.8. The minimum atomic E-state index is -0.603. The normalized spacial score (nSPS) is 9.94. The van der Waals surface area contributed by atoms with E-state index in [1.165, 1.54) is 19.2 Å². The van der Waals surface area contributed by atoms with Gasteiger partial charge in [0.05, 0.1) is 12.1 Å². The molecule has 0 aromatic carbocycles. The maximum Gasteiger partial charge on any atom is 0.257 e. The number of amides is 2. The predicted octanol–water partition coefficient (Wildman–Crippen LogP) is 0.946. The van der Waals surface area contributed by atoms with Gasteiger partial charge in [0.2, 0.25) is 5.91 Å². The van der Waals surface area contributed by atoms with Crippen molar-refractivity contribution in [3.8, 4) is 0 Å². The fourth-order valence-electron chi connectivity index (χ4n) is 1.08. The zero-order valence-electron chi connectivity index (χ0n) is 8.41. The van der Waals surface area contributed by atoms with Crippen molar-refractivity contribution in [3.05, 3.63) is 28.0 Å². The van der Waals surface area contributed by atoms with Crippen LogP contribution in [0.15, 0.2) is 12.1 Å². The van der Waals surface area contributed by atoms with Crippen LogP contribution >= 0.6 is 23.2 Å². The number of pyridine rings is 1. The summed E-state index contributed by atoms with van der Waals surface area (Å²) in [6, 6.07) is 2.89. The van der Waals surface area contributed by atoms with E-state index in [0.717, 1.165) is 4.90 Å². The summed E-state index contributed by atoms with van der Waals surface area (Å²) in [5, 5.41) is 0.188. The minimum Gasteiger partial charge on any atom is -0.368 e. The van der Waals surface area contributed by atoms with Gasteiger partial charge in [-0.25, -0.2) is 4.98 Å². The van der Waals surface area contributed by atoms with Crippen LogP contribution in [0.1, 0.15) is 10.4 Å². The van der Waals surface area contributed by atoms with Gasteiger partial charge in [0.1, 0.15) is 10.3 Å². The first-order valence-corrected chi connectivity index (χ1v) is 5.03. The Morgan fingerprint density at radius 2 is 2.06 bits per heavy atom. The molecule has 0 bridgehead atoms. The van der Waals surface area contributed by atoms with Crippen LogP contribution in [0, 0.1) is 0 Å². The molecule has 1 rings (SSSR count). The number of rotatable bonds is 3. The van der Waals surface area contributed by atoms with E-state index in [9.17, 15) is 9.59 Å². The summed E-state index contributed by atoms with van der Waals surface area (Å²) in [6.45, 7) is -0.183. The molecular weight excluding hydrogens is 253 g/mol. The second-order valence-electron chi connectivity index (χ2n) is 3.10. The second-order valence-corrected chi connectivity index (χ2v) is 3.85. The topological polar surface area (TPSA) is 76.3 Å². The number of likely N-dealkylation sites (N-methyl/N-ethyl adjacent to an activating group) is 1. The third kappa shape index (κ3) is 3.08. The second kappa shape index (κ2) is 5.14. The number of hydrogen-bond donors (Lipinski definition) is 1. The van der Waals surface area contributed by atoms with Gasteiger partial charge in [-0.15, -0.1) is 0 Å². The van der Waals surface area contributed by atoms with Crippen LogP contribution in [0.25, 0.3) is 0 Å². The van der Waals surface area contributed by atoms with Gasteiger partial charge in [-0.2, -0.15) is 0 Å². The minimum absolute atomic E-state index is 0.00572. The fraction of sp³-hybridized carbons (Fsp3) is 0.222. The van der Waals surface area contributed by atoms with Crippen LogP contribution in [0.4, 0.5) is 0 Å². The number of carbonyl (C=O) groups is 2. The molecule has 0 aliphatic heterocycles. The van der Waals surface area contributed by atoms with E-state index in [4.69, 9.17) is 28.9 Å². The maximum absolute atomic E-state index is 11.8. The Hall–Kier alpha value is -1.33. The third-order valence-electron chi connectivity index (χ3n) is 1.78. The zero-order valence-corrected chi connectivity index (χ0v) is 9.92. The molecule has 0 fully saturated rings. The highest BCUT2D eigenvalue weighted by Crippen LogP contribution is 2.17. The molecule has 86 valence electrons. The molecule has 0 aliphatic carbocycles. The summed E-state index contributed by atoms with van der Waals surface area (Å²) in [4.78, 5) is 27.3. The highest BCUT2D eigenvalue weighted by molar-refractivity contribution is 6.34. The smallest absolute Gasteiger partial charge is 0.257 e. The molecular formula is C9H9Cl2N3O2. The lowest BCUT2D eigenvalue weighted by atomic mass is 10.2. The molecule has 1 heterocycles. The molecule has 0 atom stereocenters. The molecule has 7 heteroatoms. The van der Waals surface area contributed by atoms with Crippen molar-refractivity contribution >= 4 is 35.0 Å². The zero-order chi connectivity index (χ0) is 12.3. The molecule has 0 radical (unpaired) electrons. The monoisotopic (exact) mass is 261 g/mol. The SMILES string of the molecule is CN(CC(N)=O)C(=O)c1ccc(Cl)nc1Cl. The summed E-state index contributed by atoms with van der Waals surface area (Å²) in [7, 11) is 1.44. The van der Waals surface area contributed by atoms with E-state index < -0.39 is 11.8 Å². The first-order valence-electron chi connectivity index (χ1n) is 4.27. The van der Waals surface area contributed by atoms with Crippen LogP contribution in [-0.2, 0) is 4.79 Å². The Bertz CT molecular complexity index is 437. The fourth-order valence-corrected chi connectivity index (χ4v) is 1.51. The van der Waals surface area contributed by atoms with Gasteiger partial charge in [0.15, 0.2) is 0 Å². The Morgan fingerprint density at radius 3 is 2.56 bits per heavy atom. The summed E-state index contributed by atoms with van der Waals surface area (Å²) in [5.41, 5.74) is 5.14. The molecule has 0 aliphatic rings. The van der Waals surface area contributed by atoms with E-state index >= 15 is 0 Å².